The molecule has 140 valence electrons. The molecule has 0 unspecified atom stereocenters. The quantitative estimate of drug-likeness (QED) is 0.754. The van der Waals surface area contributed by atoms with E-state index >= 15 is 0 Å². The van der Waals surface area contributed by atoms with Crippen LogP contribution < -0.4 is 14.9 Å². The minimum atomic E-state index is -3.59. The molecule has 0 spiro atoms. The van der Waals surface area contributed by atoms with Crippen LogP contribution in [0.3, 0.4) is 0 Å². The van der Waals surface area contributed by atoms with Crippen molar-refractivity contribution in [2.45, 2.75) is 20.3 Å². The Bertz CT molecular complexity index is 890. The van der Waals surface area contributed by atoms with Crippen molar-refractivity contribution >= 4 is 39.0 Å². The molecule has 10 heteroatoms. The molecule has 26 heavy (non-hydrogen) atoms. The molecule has 2 aromatic rings. The summed E-state index contributed by atoms with van der Waals surface area (Å²) in [5.74, 6) is 0.217. The van der Waals surface area contributed by atoms with Gasteiger partial charge in [0.2, 0.25) is 21.8 Å². The highest BCUT2D eigenvalue weighted by Crippen LogP contribution is 2.21. The molecule has 2 N–H and O–H groups in total. The van der Waals surface area contributed by atoms with E-state index in [-0.39, 0.29) is 30.6 Å². The molecular weight excluding hydrogens is 360 g/mol. The molecular formula is C16H20N4O5S. The molecule has 0 saturated heterocycles. The largest absolute Gasteiger partial charge is 0.360 e. The van der Waals surface area contributed by atoms with Crippen LogP contribution in [0.4, 0.5) is 17.2 Å². The highest BCUT2D eigenvalue weighted by atomic mass is 32.2. The van der Waals surface area contributed by atoms with E-state index in [1.165, 1.54) is 6.92 Å². The number of carbonyl (C=O) groups excluding carboxylic acids is 2. The van der Waals surface area contributed by atoms with Crippen molar-refractivity contribution in [3.05, 3.63) is 36.1 Å². The van der Waals surface area contributed by atoms with Gasteiger partial charge in [0.25, 0.3) is 0 Å². The van der Waals surface area contributed by atoms with Crippen molar-refractivity contribution in [1.29, 1.82) is 0 Å². The van der Waals surface area contributed by atoms with E-state index < -0.39 is 10.0 Å². The summed E-state index contributed by atoms with van der Waals surface area (Å²) in [4.78, 5) is 23.0. The number of carbonyl (C=O) groups is 2. The molecule has 0 aliphatic heterocycles. The Morgan fingerprint density at radius 2 is 1.85 bits per heavy atom. The van der Waals surface area contributed by atoms with Crippen LogP contribution >= 0.6 is 0 Å². The molecule has 9 nitrogen and oxygen atoms in total. The van der Waals surface area contributed by atoms with Gasteiger partial charge in [-0.05, 0) is 31.2 Å². The number of nitrogens with one attached hydrogen (secondary N) is 2. The van der Waals surface area contributed by atoms with Gasteiger partial charge in [0.15, 0.2) is 5.82 Å². The van der Waals surface area contributed by atoms with E-state index in [9.17, 15) is 18.0 Å². The Balaban J connectivity index is 2.05. The van der Waals surface area contributed by atoms with Gasteiger partial charge < -0.3 is 15.2 Å². The van der Waals surface area contributed by atoms with Gasteiger partial charge in [0.05, 0.1) is 11.9 Å². The molecule has 0 fully saturated rings. The molecule has 2 rings (SSSR count). The summed E-state index contributed by atoms with van der Waals surface area (Å²) >= 11 is 0. The summed E-state index contributed by atoms with van der Waals surface area (Å²) in [5.41, 5.74) is 0.945. The summed E-state index contributed by atoms with van der Waals surface area (Å²) in [5, 5.41) is 8.79. The van der Waals surface area contributed by atoms with Gasteiger partial charge in [-0.2, -0.15) is 0 Å². The lowest BCUT2D eigenvalue weighted by molar-refractivity contribution is -0.116. The Morgan fingerprint density at radius 1 is 1.19 bits per heavy atom. The van der Waals surface area contributed by atoms with Crippen LogP contribution in [0.2, 0.25) is 0 Å². The van der Waals surface area contributed by atoms with E-state index in [2.05, 4.69) is 15.8 Å². The van der Waals surface area contributed by atoms with Crippen LogP contribution in [-0.2, 0) is 19.6 Å². The molecule has 0 aliphatic carbocycles. The van der Waals surface area contributed by atoms with E-state index in [1.807, 2.05) is 0 Å². The molecule has 0 atom stereocenters. The van der Waals surface area contributed by atoms with Crippen LogP contribution in [0.25, 0.3) is 0 Å². The van der Waals surface area contributed by atoms with E-state index in [1.54, 1.807) is 37.3 Å². The predicted molar refractivity (Wildman–Crippen MR) is 97.4 cm³/mol. The van der Waals surface area contributed by atoms with Crippen molar-refractivity contribution in [1.82, 2.24) is 5.16 Å². The number of sulfonamides is 1. The zero-order valence-corrected chi connectivity index (χ0v) is 15.5. The number of anilines is 3. The van der Waals surface area contributed by atoms with Crippen molar-refractivity contribution in [3.63, 3.8) is 0 Å². The first kappa shape index (κ1) is 19.4. The highest BCUT2D eigenvalue weighted by molar-refractivity contribution is 7.92. The number of nitrogens with zero attached hydrogens (tertiary/aromatic N) is 2. The first-order chi connectivity index (χ1) is 12.1. The number of hydrogen-bond donors (Lipinski definition) is 2. The van der Waals surface area contributed by atoms with Crippen LogP contribution in [-0.4, -0.2) is 38.2 Å². The first-order valence-electron chi connectivity index (χ1n) is 7.73. The fourth-order valence-corrected chi connectivity index (χ4v) is 3.16. The summed E-state index contributed by atoms with van der Waals surface area (Å²) in [6.07, 6.45) is 1.00. The second-order valence-corrected chi connectivity index (χ2v) is 7.59. The van der Waals surface area contributed by atoms with Crippen LogP contribution in [0.15, 0.2) is 34.9 Å². The lowest BCUT2D eigenvalue weighted by Crippen LogP contribution is -2.33. The average Bonchev–Trinajstić information content (AvgIpc) is 2.92. The number of aryl methyl sites for hydroxylation is 1. The third-order valence-corrected chi connectivity index (χ3v) is 4.51. The van der Waals surface area contributed by atoms with Gasteiger partial charge in [-0.1, -0.05) is 5.16 Å². The van der Waals surface area contributed by atoms with Crippen LogP contribution in [0.5, 0.6) is 0 Å². The number of benzene rings is 1. The normalized spacial score (nSPS) is 11.0. The maximum absolute atomic E-state index is 12.1. The SMILES string of the molecule is CC(=O)Nc1ccc(N(CCC(=O)Nc2cc(C)on2)S(C)(=O)=O)cc1. The topological polar surface area (TPSA) is 122 Å². The standard InChI is InChI=1S/C16H20N4O5S/c1-11-10-15(19-25-11)18-16(22)8-9-20(26(3,23)24)14-6-4-13(5-7-14)17-12(2)21/h4-7,10H,8-9H2,1-3H3,(H,17,21)(H,18,19,22). The van der Waals surface area contributed by atoms with E-state index in [0.717, 1.165) is 10.6 Å². The molecule has 0 radical (unpaired) electrons. The van der Waals surface area contributed by atoms with E-state index in [4.69, 9.17) is 4.52 Å². The second kappa shape index (κ2) is 8.00. The van der Waals surface area contributed by atoms with Gasteiger partial charge in [0, 0.05) is 31.6 Å². The first-order valence-corrected chi connectivity index (χ1v) is 9.58. The van der Waals surface area contributed by atoms with E-state index in [0.29, 0.717) is 17.1 Å². The Morgan fingerprint density at radius 3 is 2.35 bits per heavy atom. The van der Waals surface area contributed by atoms with Crippen LogP contribution in [0, 0.1) is 6.92 Å². The molecule has 1 aromatic heterocycles. The summed E-state index contributed by atoms with van der Waals surface area (Å²) in [7, 11) is -3.59. The molecule has 1 heterocycles. The summed E-state index contributed by atoms with van der Waals surface area (Å²) < 4.78 is 30.1. The molecule has 2 amide bonds. The minimum Gasteiger partial charge on any atom is -0.360 e. The fourth-order valence-electron chi connectivity index (χ4n) is 2.23. The second-order valence-electron chi connectivity index (χ2n) is 5.68. The number of aromatic nitrogens is 1. The molecule has 0 aliphatic rings. The third-order valence-electron chi connectivity index (χ3n) is 3.31. The van der Waals surface area contributed by atoms with Crippen molar-refractivity contribution in [3.8, 4) is 0 Å². The number of hydrogen-bond acceptors (Lipinski definition) is 6. The zero-order valence-electron chi connectivity index (χ0n) is 14.6. The Hall–Kier alpha value is -2.88. The van der Waals surface area contributed by atoms with Gasteiger partial charge in [-0.15, -0.1) is 0 Å². The smallest absolute Gasteiger partial charge is 0.232 e. The van der Waals surface area contributed by atoms with Gasteiger partial charge in [0.1, 0.15) is 5.76 Å². The third kappa shape index (κ3) is 5.59. The molecule has 1 aromatic carbocycles. The summed E-state index contributed by atoms with van der Waals surface area (Å²) in [6, 6.07) is 7.86. The van der Waals surface area contributed by atoms with Gasteiger partial charge in [-0.25, -0.2) is 8.42 Å². The van der Waals surface area contributed by atoms with Crippen molar-refractivity contribution in [2.75, 3.05) is 27.7 Å². The highest BCUT2D eigenvalue weighted by Gasteiger charge is 2.19. The van der Waals surface area contributed by atoms with Crippen LogP contribution in [0.1, 0.15) is 19.1 Å². The number of amides is 2. The monoisotopic (exact) mass is 380 g/mol. The summed E-state index contributed by atoms with van der Waals surface area (Å²) in [6.45, 7) is 3.03. The zero-order chi connectivity index (χ0) is 19.3. The lowest BCUT2D eigenvalue weighted by Gasteiger charge is -2.22. The average molecular weight is 380 g/mol. The lowest BCUT2D eigenvalue weighted by atomic mass is 10.2. The maximum Gasteiger partial charge on any atom is 0.232 e. The van der Waals surface area contributed by atoms with Gasteiger partial charge in [-0.3, -0.25) is 13.9 Å². The van der Waals surface area contributed by atoms with Gasteiger partial charge >= 0.3 is 0 Å². The maximum atomic E-state index is 12.1. The van der Waals surface area contributed by atoms with Crippen molar-refractivity contribution < 1.29 is 22.5 Å². The Labute approximate surface area is 151 Å². The Kier molecular flexibility index (Phi) is 5.98. The predicted octanol–water partition coefficient (Wildman–Crippen LogP) is 1.74. The number of rotatable bonds is 7. The molecule has 0 saturated carbocycles. The fraction of sp³-hybridized carbons (Fsp3) is 0.312. The van der Waals surface area contributed by atoms with Crippen molar-refractivity contribution in [2.24, 2.45) is 0 Å². The molecule has 0 bridgehead atoms. The minimum absolute atomic E-state index is 0.0407.